The topological polar surface area (TPSA) is 12.0 Å². The summed E-state index contributed by atoms with van der Waals surface area (Å²) in [6.45, 7) is 3.60. The smallest absolute Gasteiger partial charge is 0.0576 e. The van der Waals surface area contributed by atoms with Crippen LogP contribution in [0.4, 0.5) is 0 Å². The Balaban J connectivity index is 2.55. The molecule has 0 aliphatic carbocycles. The van der Waals surface area contributed by atoms with Crippen molar-refractivity contribution < 1.29 is 0 Å². The molecule has 0 aliphatic rings. The van der Waals surface area contributed by atoms with Crippen molar-refractivity contribution in [3.05, 3.63) is 35.9 Å². The van der Waals surface area contributed by atoms with Crippen molar-refractivity contribution in [2.24, 2.45) is 0 Å². The SMILES string of the molecule is C#CCNC/C=C/c1ccccc1SCC. The van der Waals surface area contributed by atoms with Gasteiger partial charge in [0.15, 0.2) is 0 Å². The highest BCUT2D eigenvalue weighted by Crippen LogP contribution is 2.22. The number of benzene rings is 1. The molecule has 1 nitrogen and oxygen atoms in total. The molecule has 0 heterocycles. The van der Waals surface area contributed by atoms with E-state index in [2.05, 4.69) is 54.6 Å². The van der Waals surface area contributed by atoms with E-state index in [1.807, 2.05) is 11.8 Å². The second kappa shape index (κ2) is 8.04. The normalized spacial score (nSPS) is 10.5. The van der Waals surface area contributed by atoms with Crippen molar-refractivity contribution in [3.8, 4) is 12.3 Å². The van der Waals surface area contributed by atoms with Crippen molar-refractivity contribution in [1.82, 2.24) is 5.32 Å². The molecule has 1 aromatic carbocycles. The largest absolute Gasteiger partial charge is 0.303 e. The molecule has 0 radical (unpaired) electrons. The molecular formula is C14H17NS. The first-order valence-corrected chi connectivity index (χ1v) is 6.39. The molecule has 84 valence electrons. The first kappa shape index (κ1) is 12.9. The third kappa shape index (κ3) is 4.57. The Hall–Kier alpha value is -1.17. The average Bonchev–Trinajstić information content (AvgIpc) is 2.31. The molecule has 0 amide bonds. The van der Waals surface area contributed by atoms with Crippen LogP contribution >= 0.6 is 11.8 Å². The second-order valence-corrected chi connectivity index (χ2v) is 4.51. The van der Waals surface area contributed by atoms with Gasteiger partial charge in [0.05, 0.1) is 6.54 Å². The van der Waals surface area contributed by atoms with Gasteiger partial charge < -0.3 is 5.32 Å². The van der Waals surface area contributed by atoms with E-state index in [-0.39, 0.29) is 0 Å². The summed E-state index contributed by atoms with van der Waals surface area (Å²) in [4.78, 5) is 1.33. The van der Waals surface area contributed by atoms with Crippen LogP contribution < -0.4 is 5.32 Å². The van der Waals surface area contributed by atoms with Crippen LogP contribution in [0, 0.1) is 12.3 Å². The fraction of sp³-hybridized carbons (Fsp3) is 0.286. The molecule has 0 aliphatic heterocycles. The van der Waals surface area contributed by atoms with Crippen molar-refractivity contribution in [1.29, 1.82) is 0 Å². The summed E-state index contributed by atoms with van der Waals surface area (Å²) in [6.07, 6.45) is 9.39. The first-order chi connectivity index (χ1) is 7.88. The van der Waals surface area contributed by atoms with Gasteiger partial charge >= 0.3 is 0 Å². The highest BCUT2D eigenvalue weighted by Gasteiger charge is 1.96. The molecule has 0 unspecified atom stereocenters. The molecule has 1 aromatic rings. The monoisotopic (exact) mass is 231 g/mol. The van der Waals surface area contributed by atoms with Crippen LogP contribution in [0.2, 0.25) is 0 Å². The molecule has 0 spiro atoms. The molecule has 1 rings (SSSR count). The molecule has 0 fully saturated rings. The van der Waals surface area contributed by atoms with Gasteiger partial charge in [0, 0.05) is 11.4 Å². The molecule has 0 aromatic heterocycles. The zero-order valence-electron chi connectivity index (χ0n) is 9.57. The van der Waals surface area contributed by atoms with Gasteiger partial charge in [0.2, 0.25) is 0 Å². The highest BCUT2D eigenvalue weighted by molar-refractivity contribution is 7.99. The maximum absolute atomic E-state index is 5.15. The van der Waals surface area contributed by atoms with Gasteiger partial charge in [-0.3, -0.25) is 0 Å². The van der Waals surface area contributed by atoms with Gasteiger partial charge in [-0.05, 0) is 17.4 Å². The Kier molecular flexibility index (Phi) is 6.48. The van der Waals surface area contributed by atoms with Crippen LogP contribution in [0.15, 0.2) is 35.2 Å². The first-order valence-electron chi connectivity index (χ1n) is 5.41. The van der Waals surface area contributed by atoms with E-state index in [1.165, 1.54) is 10.5 Å². The van der Waals surface area contributed by atoms with Gasteiger partial charge in [0.1, 0.15) is 0 Å². The van der Waals surface area contributed by atoms with Gasteiger partial charge in [-0.2, -0.15) is 0 Å². The van der Waals surface area contributed by atoms with E-state index < -0.39 is 0 Å². The van der Waals surface area contributed by atoms with Gasteiger partial charge in [-0.15, -0.1) is 18.2 Å². The van der Waals surface area contributed by atoms with E-state index in [4.69, 9.17) is 6.42 Å². The van der Waals surface area contributed by atoms with E-state index >= 15 is 0 Å². The van der Waals surface area contributed by atoms with Crippen molar-refractivity contribution in [2.45, 2.75) is 11.8 Å². The molecule has 0 atom stereocenters. The van der Waals surface area contributed by atoms with Crippen molar-refractivity contribution in [3.63, 3.8) is 0 Å². The van der Waals surface area contributed by atoms with Crippen LogP contribution in [-0.4, -0.2) is 18.8 Å². The fourth-order valence-corrected chi connectivity index (χ4v) is 2.11. The number of thioether (sulfide) groups is 1. The summed E-state index contributed by atoms with van der Waals surface area (Å²) in [5, 5.41) is 3.13. The zero-order valence-corrected chi connectivity index (χ0v) is 10.4. The second-order valence-electron chi connectivity index (χ2n) is 3.21. The summed E-state index contributed by atoms with van der Waals surface area (Å²) >= 11 is 1.87. The van der Waals surface area contributed by atoms with Crippen LogP contribution in [0.5, 0.6) is 0 Å². The van der Waals surface area contributed by atoms with E-state index in [0.29, 0.717) is 6.54 Å². The molecule has 0 saturated heterocycles. The summed E-state index contributed by atoms with van der Waals surface area (Å²) < 4.78 is 0. The number of rotatable bonds is 6. The van der Waals surface area contributed by atoms with Crippen LogP contribution in [0.1, 0.15) is 12.5 Å². The lowest BCUT2D eigenvalue weighted by Crippen LogP contribution is -2.12. The van der Waals surface area contributed by atoms with Crippen LogP contribution in [0.25, 0.3) is 6.08 Å². The van der Waals surface area contributed by atoms with Crippen LogP contribution in [0.3, 0.4) is 0 Å². The Bertz CT molecular complexity index is 377. The number of terminal acetylenes is 1. The van der Waals surface area contributed by atoms with Crippen molar-refractivity contribution in [2.75, 3.05) is 18.8 Å². The van der Waals surface area contributed by atoms with Crippen LogP contribution in [-0.2, 0) is 0 Å². The minimum absolute atomic E-state index is 0.621. The molecule has 0 bridgehead atoms. The quantitative estimate of drug-likeness (QED) is 0.459. The lowest BCUT2D eigenvalue weighted by Gasteiger charge is -2.03. The minimum Gasteiger partial charge on any atom is -0.303 e. The van der Waals surface area contributed by atoms with Gasteiger partial charge in [-0.1, -0.05) is 43.2 Å². The number of hydrogen-bond acceptors (Lipinski definition) is 2. The molecule has 2 heteroatoms. The Morgan fingerprint density at radius 1 is 1.44 bits per heavy atom. The predicted octanol–water partition coefficient (Wildman–Crippen LogP) is 3.03. The van der Waals surface area contributed by atoms with E-state index in [1.54, 1.807) is 0 Å². The third-order valence-corrected chi connectivity index (χ3v) is 2.98. The summed E-state index contributed by atoms with van der Waals surface area (Å²) in [6, 6.07) is 8.43. The maximum atomic E-state index is 5.15. The maximum Gasteiger partial charge on any atom is 0.0576 e. The fourth-order valence-electron chi connectivity index (χ4n) is 1.32. The molecule has 0 saturated carbocycles. The van der Waals surface area contributed by atoms with Gasteiger partial charge in [-0.25, -0.2) is 0 Å². The highest BCUT2D eigenvalue weighted by atomic mass is 32.2. The number of nitrogens with one attached hydrogen (secondary N) is 1. The predicted molar refractivity (Wildman–Crippen MR) is 73.6 cm³/mol. The summed E-state index contributed by atoms with van der Waals surface area (Å²) in [5.41, 5.74) is 1.27. The molecular weight excluding hydrogens is 214 g/mol. The van der Waals surface area contributed by atoms with Gasteiger partial charge in [0.25, 0.3) is 0 Å². The summed E-state index contributed by atoms with van der Waals surface area (Å²) in [7, 11) is 0. The third-order valence-electron chi connectivity index (χ3n) is 2.01. The minimum atomic E-state index is 0.621. The zero-order chi connectivity index (χ0) is 11.6. The Morgan fingerprint density at radius 2 is 2.25 bits per heavy atom. The lowest BCUT2D eigenvalue weighted by molar-refractivity contribution is 0.859. The Morgan fingerprint density at radius 3 is 3.00 bits per heavy atom. The van der Waals surface area contributed by atoms with E-state index in [0.717, 1.165) is 12.3 Å². The Labute approximate surface area is 102 Å². The average molecular weight is 231 g/mol. The van der Waals surface area contributed by atoms with Crippen molar-refractivity contribution >= 4 is 17.8 Å². The molecule has 1 N–H and O–H groups in total. The van der Waals surface area contributed by atoms with E-state index in [9.17, 15) is 0 Å². The standard InChI is InChI=1S/C14H17NS/c1-3-11-15-12-7-9-13-8-5-6-10-14(13)16-4-2/h1,5-10,15H,4,11-12H2,2H3/b9-7+. The number of hydrogen-bond donors (Lipinski definition) is 1. The molecule has 16 heavy (non-hydrogen) atoms. The lowest BCUT2D eigenvalue weighted by atomic mass is 10.2. The summed E-state index contributed by atoms with van der Waals surface area (Å²) in [5.74, 6) is 3.65.